The Labute approximate surface area is 154 Å². The Balaban J connectivity index is 1.50. The topological polar surface area (TPSA) is 81.9 Å². The highest BCUT2D eigenvalue weighted by Crippen LogP contribution is 2.16. The fourth-order valence-electron chi connectivity index (χ4n) is 2.46. The van der Waals surface area contributed by atoms with Crippen LogP contribution in [0.3, 0.4) is 0 Å². The molecule has 0 aliphatic heterocycles. The van der Waals surface area contributed by atoms with Gasteiger partial charge in [0.25, 0.3) is 11.5 Å². The molecule has 0 radical (unpaired) electrons. The third-order valence-corrected chi connectivity index (χ3v) is 4.61. The third-order valence-electron chi connectivity index (χ3n) is 3.74. The van der Waals surface area contributed by atoms with E-state index in [9.17, 15) is 9.59 Å². The van der Waals surface area contributed by atoms with Gasteiger partial charge in [0.1, 0.15) is 11.5 Å². The zero-order valence-corrected chi connectivity index (χ0v) is 15.3. The minimum absolute atomic E-state index is 0.0720. The second-order valence-corrected chi connectivity index (χ2v) is 6.48. The molecular weight excluding hydrogens is 354 g/mol. The van der Waals surface area contributed by atoms with E-state index in [1.54, 1.807) is 42.7 Å². The van der Waals surface area contributed by atoms with Gasteiger partial charge in [-0.2, -0.15) is 0 Å². The van der Waals surface area contributed by atoms with E-state index >= 15 is 0 Å². The van der Waals surface area contributed by atoms with Crippen LogP contribution < -0.4 is 20.3 Å². The van der Waals surface area contributed by atoms with E-state index in [0.29, 0.717) is 29.4 Å². The molecule has 3 rings (SSSR count). The van der Waals surface area contributed by atoms with Crippen LogP contribution in [0.4, 0.5) is 0 Å². The maximum absolute atomic E-state index is 12.1. The number of hydrogen-bond donors (Lipinski definition) is 1. The van der Waals surface area contributed by atoms with Crippen molar-refractivity contribution >= 4 is 22.2 Å². The lowest BCUT2D eigenvalue weighted by atomic mass is 10.3. The number of ether oxygens (including phenoxy) is 2. The number of methoxy groups -OCH3 is 1. The normalized spacial score (nSPS) is 10.7. The van der Waals surface area contributed by atoms with Gasteiger partial charge in [-0.15, -0.1) is 11.3 Å². The highest BCUT2D eigenvalue weighted by atomic mass is 32.1. The average molecular weight is 373 g/mol. The van der Waals surface area contributed by atoms with Crippen molar-refractivity contribution in [2.45, 2.75) is 13.3 Å². The fourth-order valence-corrected chi connectivity index (χ4v) is 3.43. The molecule has 0 saturated carbocycles. The van der Waals surface area contributed by atoms with Crippen LogP contribution >= 0.6 is 11.3 Å². The summed E-state index contributed by atoms with van der Waals surface area (Å²) in [5.41, 5.74) is 1.43. The molecule has 1 N–H and O–H groups in total. The Hall–Kier alpha value is -2.87. The van der Waals surface area contributed by atoms with Crippen LogP contribution in [0.2, 0.25) is 0 Å². The summed E-state index contributed by atoms with van der Waals surface area (Å²) in [6.07, 6.45) is 0.541. The van der Waals surface area contributed by atoms with Crippen LogP contribution in [0.15, 0.2) is 40.5 Å². The molecule has 26 heavy (non-hydrogen) atoms. The number of hydrogen-bond acceptors (Lipinski definition) is 6. The van der Waals surface area contributed by atoms with E-state index in [1.165, 1.54) is 17.4 Å². The second kappa shape index (κ2) is 8.01. The number of fused-ring (bicyclic) bond motifs is 1. The summed E-state index contributed by atoms with van der Waals surface area (Å²) in [4.78, 5) is 29.0. The van der Waals surface area contributed by atoms with Crippen molar-refractivity contribution in [3.8, 4) is 11.5 Å². The van der Waals surface area contributed by atoms with Crippen molar-refractivity contribution in [3.63, 3.8) is 0 Å². The number of aryl methyl sites for hydroxylation is 1. The SMILES string of the molecule is COc1ccc(OCC(=O)NCCc2csc3nc(C)cc(=O)n23)cc1. The highest BCUT2D eigenvalue weighted by Gasteiger charge is 2.09. The number of nitrogens with one attached hydrogen (secondary N) is 1. The molecule has 0 fully saturated rings. The standard InChI is InChI=1S/C18H19N3O4S/c1-12-9-17(23)21-13(11-26-18(21)20-12)7-8-19-16(22)10-25-15-5-3-14(24-2)4-6-15/h3-6,9,11H,7-8,10H2,1-2H3,(H,19,22). The Bertz CT molecular complexity index is 963. The molecule has 3 aromatic rings. The maximum atomic E-state index is 12.1. The molecule has 0 spiro atoms. The summed E-state index contributed by atoms with van der Waals surface area (Å²) in [5.74, 6) is 1.10. The third kappa shape index (κ3) is 4.20. The lowest BCUT2D eigenvalue weighted by molar-refractivity contribution is -0.123. The summed E-state index contributed by atoms with van der Waals surface area (Å²) in [5, 5.41) is 4.68. The van der Waals surface area contributed by atoms with Gasteiger partial charge in [-0.1, -0.05) is 0 Å². The first-order chi connectivity index (χ1) is 12.6. The Morgan fingerprint density at radius 1 is 1.27 bits per heavy atom. The lowest BCUT2D eigenvalue weighted by Gasteiger charge is -2.08. The molecule has 1 aromatic carbocycles. The minimum Gasteiger partial charge on any atom is -0.497 e. The summed E-state index contributed by atoms with van der Waals surface area (Å²) in [6, 6.07) is 8.52. The lowest BCUT2D eigenvalue weighted by Crippen LogP contribution is -2.31. The maximum Gasteiger partial charge on any atom is 0.258 e. The van der Waals surface area contributed by atoms with Gasteiger partial charge < -0.3 is 14.8 Å². The summed E-state index contributed by atoms with van der Waals surface area (Å²) >= 11 is 1.42. The first-order valence-electron chi connectivity index (χ1n) is 8.07. The van der Waals surface area contributed by atoms with Crippen LogP contribution in [-0.2, 0) is 11.2 Å². The van der Waals surface area contributed by atoms with Gasteiger partial charge in [0, 0.05) is 35.8 Å². The first-order valence-corrected chi connectivity index (χ1v) is 8.95. The van der Waals surface area contributed by atoms with E-state index in [0.717, 1.165) is 11.4 Å². The predicted molar refractivity (Wildman–Crippen MR) is 99.3 cm³/mol. The van der Waals surface area contributed by atoms with Crippen LogP contribution in [0, 0.1) is 6.92 Å². The number of carbonyl (C=O) groups is 1. The summed E-state index contributed by atoms with van der Waals surface area (Å²) in [6.45, 7) is 2.14. The molecule has 1 amide bonds. The number of carbonyl (C=O) groups excluding carboxylic acids is 1. The zero-order chi connectivity index (χ0) is 18.5. The average Bonchev–Trinajstić information content (AvgIpc) is 3.03. The number of amides is 1. The minimum atomic E-state index is -0.221. The molecule has 0 bridgehead atoms. The van der Waals surface area contributed by atoms with Crippen LogP contribution in [0.1, 0.15) is 11.4 Å². The van der Waals surface area contributed by atoms with Crippen LogP contribution in [0.5, 0.6) is 11.5 Å². The molecule has 0 aliphatic rings. The van der Waals surface area contributed by atoms with Crippen molar-refractivity contribution in [2.75, 3.05) is 20.3 Å². The Morgan fingerprint density at radius 2 is 2.00 bits per heavy atom. The van der Waals surface area contributed by atoms with Gasteiger partial charge in [-0.05, 0) is 31.2 Å². The monoisotopic (exact) mass is 373 g/mol. The number of benzene rings is 1. The largest absolute Gasteiger partial charge is 0.497 e. The van der Waals surface area contributed by atoms with Crippen molar-refractivity contribution < 1.29 is 14.3 Å². The van der Waals surface area contributed by atoms with Crippen LogP contribution in [-0.4, -0.2) is 35.6 Å². The van der Waals surface area contributed by atoms with E-state index in [2.05, 4.69) is 10.3 Å². The van der Waals surface area contributed by atoms with Gasteiger partial charge in [0.2, 0.25) is 0 Å². The van der Waals surface area contributed by atoms with E-state index in [1.807, 2.05) is 5.38 Å². The molecule has 0 unspecified atom stereocenters. The van der Waals surface area contributed by atoms with Gasteiger partial charge in [0.15, 0.2) is 11.6 Å². The Morgan fingerprint density at radius 3 is 2.73 bits per heavy atom. The number of aromatic nitrogens is 2. The summed E-state index contributed by atoms with van der Waals surface area (Å²) < 4.78 is 12.1. The summed E-state index contributed by atoms with van der Waals surface area (Å²) in [7, 11) is 1.59. The van der Waals surface area contributed by atoms with Gasteiger partial charge >= 0.3 is 0 Å². The van der Waals surface area contributed by atoms with E-state index in [4.69, 9.17) is 9.47 Å². The van der Waals surface area contributed by atoms with Gasteiger partial charge in [0.05, 0.1) is 7.11 Å². The Kier molecular flexibility index (Phi) is 5.52. The van der Waals surface area contributed by atoms with Crippen LogP contribution in [0.25, 0.3) is 4.96 Å². The van der Waals surface area contributed by atoms with Gasteiger partial charge in [-0.25, -0.2) is 4.98 Å². The zero-order valence-electron chi connectivity index (χ0n) is 14.5. The number of rotatable bonds is 7. The molecule has 2 heterocycles. The molecule has 0 atom stereocenters. The molecule has 8 heteroatoms. The first kappa shape index (κ1) is 17.9. The van der Waals surface area contributed by atoms with Crippen molar-refractivity contribution in [2.24, 2.45) is 0 Å². The van der Waals surface area contributed by atoms with Crippen molar-refractivity contribution in [1.82, 2.24) is 14.7 Å². The molecule has 2 aromatic heterocycles. The molecule has 0 aliphatic carbocycles. The molecule has 0 saturated heterocycles. The van der Waals surface area contributed by atoms with E-state index < -0.39 is 0 Å². The van der Waals surface area contributed by atoms with Crippen molar-refractivity contribution in [3.05, 3.63) is 57.5 Å². The van der Waals surface area contributed by atoms with E-state index in [-0.39, 0.29) is 18.1 Å². The van der Waals surface area contributed by atoms with Crippen molar-refractivity contribution in [1.29, 1.82) is 0 Å². The second-order valence-electron chi connectivity index (χ2n) is 5.64. The quantitative estimate of drug-likeness (QED) is 0.683. The number of thiazole rings is 1. The molecule has 7 nitrogen and oxygen atoms in total. The molecule has 136 valence electrons. The smallest absolute Gasteiger partial charge is 0.258 e. The predicted octanol–water partition coefficient (Wildman–Crippen LogP) is 1.81. The fraction of sp³-hybridized carbons (Fsp3) is 0.278. The van der Waals surface area contributed by atoms with Gasteiger partial charge in [-0.3, -0.25) is 14.0 Å². The number of nitrogens with zero attached hydrogens (tertiary/aromatic N) is 2. The highest BCUT2D eigenvalue weighted by molar-refractivity contribution is 7.15. The molecular formula is C18H19N3O4S.